The summed E-state index contributed by atoms with van der Waals surface area (Å²) in [4.78, 5) is 26.2. The van der Waals surface area contributed by atoms with E-state index in [0.717, 1.165) is 58.9 Å². The van der Waals surface area contributed by atoms with Crippen molar-refractivity contribution in [1.82, 2.24) is 35.1 Å². The molecule has 0 aliphatic carbocycles. The van der Waals surface area contributed by atoms with Gasteiger partial charge in [-0.25, -0.2) is 9.67 Å². The Morgan fingerprint density at radius 3 is 2.71 bits per heavy atom. The largest absolute Gasteiger partial charge is 0.383 e. The van der Waals surface area contributed by atoms with E-state index in [1.807, 2.05) is 25.1 Å². The number of pyridine rings is 1. The minimum absolute atomic E-state index is 0.121. The molecular weight excluding hydrogens is 500 g/mol. The van der Waals surface area contributed by atoms with Gasteiger partial charge in [0.05, 0.1) is 28.9 Å². The molecule has 1 N–H and O–H groups in total. The van der Waals surface area contributed by atoms with Crippen LogP contribution in [0.1, 0.15) is 28.6 Å². The molecule has 38 heavy (non-hydrogen) atoms. The standard InChI is InChI=1S/C27H30N8O2S/c1-17-14-18(2)23-19(15-17)16-20(26(36)29-23)24(25-30-31-32-35(25)12-13-37-3)33-8-10-34(11-9-33)27-28-21-6-4-5-7-22(21)38-27/h4-7,14-16,24H,8-13H2,1-3H3,(H,29,36). The summed E-state index contributed by atoms with van der Waals surface area (Å²) in [6.07, 6.45) is 0. The Morgan fingerprint density at radius 2 is 1.92 bits per heavy atom. The van der Waals surface area contributed by atoms with Gasteiger partial charge in [-0.2, -0.15) is 0 Å². The average molecular weight is 531 g/mol. The second kappa shape index (κ2) is 10.2. The van der Waals surface area contributed by atoms with Crippen LogP contribution in [0.25, 0.3) is 21.1 Å². The van der Waals surface area contributed by atoms with Crippen molar-refractivity contribution in [1.29, 1.82) is 0 Å². The van der Waals surface area contributed by atoms with Gasteiger partial charge in [0.2, 0.25) is 0 Å². The quantitative estimate of drug-likeness (QED) is 0.342. The first-order valence-electron chi connectivity index (χ1n) is 12.8. The summed E-state index contributed by atoms with van der Waals surface area (Å²) in [5.74, 6) is 0.643. The number of nitrogens with one attached hydrogen (secondary N) is 1. The number of aromatic amines is 1. The van der Waals surface area contributed by atoms with E-state index in [0.29, 0.717) is 24.5 Å². The fourth-order valence-electron chi connectivity index (χ4n) is 5.32. The molecule has 10 nitrogen and oxygen atoms in total. The van der Waals surface area contributed by atoms with Crippen LogP contribution in [0.4, 0.5) is 5.13 Å². The monoisotopic (exact) mass is 530 g/mol. The van der Waals surface area contributed by atoms with E-state index in [1.165, 1.54) is 4.70 Å². The first kappa shape index (κ1) is 24.7. The topological polar surface area (TPSA) is 105 Å². The van der Waals surface area contributed by atoms with Crippen molar-refractivity contribution in [2.75, 3.05) is 44.8 Å². The molecule has 11 heteroatoms. The highest BCUT2D eigenvalue weighted by atomic mass is 32.1. The molecule has 0 amide bonds. The second-order valence-electron chi connectivity index (χ2n) is 9.74. The lowest BCUT2D eigenvalue weighted by atomic mass is 10.00. The molecule has 1 atom stereocenters. The number of aryl methyl sites for hydroxylation is 2. The Bertz CT molecular complexity index is 1620. The number of anilines is 1. The zero-order valence-electron chi connectivity index (χ0n) is 21.7. The number of hydrogen-bond donors (Lipinski definition) is 1. The van der Waals surface area contributed by atoms with E-state index in [-0.39, 0.29) is 5.56 Å². The van der Waals surface area contributed by atoms with Gasteiger partial charge in [-0.1, -0.05) is 35.1 Å². The number of benzene rings is 2. The molecule has 0 spiro atoms. The van der Waals surface area contributed by atoms with Crippen LogP contribution in [-0.2, 0) is 11.3 Å². The lowest BCUT2D eigenvalue weighted by Crippen LogP contribution is -2.49. The highest BCUT2D eigenvalue weighted by Gasteiger charge is 2.33. The highest BCUT2D eigenvalue weighted by Crippen LogP contribution is 2.32. The summed E-state index contributed by atoms with van der Waals surface area (Å²) in [6.45, 7) is 8.13. The van der Waals surface area contributed by atoms with Crippen LogP contribution < -0.4 is 10.5 Å². The fourth-order valence-corrected chi connectivity index (χ4v) is 6.33. The molecule has 1 aliphatic rings. The van der Waals surface area contributed by atoms with Crippen LogP contribution in [0.3, 0.4) is 0 Å². The van der Waals surface area contributed by atoms with Crippen LogP contribution >= 0.6 is 11.3 Å². The zero-order chi connectivity index (χ0) is 26.2. The maximum absolute atomic E-state index is 13.6. The van der Waals surface area contributed by atoms with E-state index < -0.39 is 6.04 Å². The first-order valence-corrected chi connectivity index (χ1v) is 13.6. The number of nitrogens with zero attached hydrogens (tertiary/aromatic N) is 7. The Labute approximate surface area is 223 Å². The zero-order valence-corrected chi connectivity index (χ0v) is 22.5. The van der Waals surface area contributed by atoms with Gasteiger partial charge < -0.3 is 14.6 Å². The number of ether oxygens (including phenoxy) is 1. The Kier molecular flexibility index (Phi) is 6.64. The van der Waals surface area contributed by atoms with Gasteiger partial charge in [0.15, 0.2) is 11.0 Å². The van der Waals surface area contributed by atoms with Crippen LogP contribution in [-0.4, -0.2) is 75.0 Å². The Morgan fingerprint density at radius 1 is 1.11 bits per heavy atom. The van der Waals surface area contributed by atoms with Crippen LogP contribution in [0, 0.1) is 13.8 Å². The molecule has 5 aromatic rings. The summed E-state index contributed by atoms with van der Waals surface area (Å²) in [5, 5.41) is 14.6. The van der Waals surface area contributed by atoms with E-state index in [1.54, 1.807) is 23.1 Å². The molecule has 1 unspecified atom stereocenters. The van der Waals surface area contributed by atoms with Gasteiger partial charge in [0.1, 0.15) is 6.04 Å². The molecular formula is C27H30N8O2S. The number of fused-ring (bicyclic) bond motifs is 2. The van der Waals surface area contributed by atoms with Crippen LogP contribution in [0.5, 0.6) is 0 Å². The van der Waals surface area contributed by atoms with Crippen molar-refractivity contribution < 1.29 is 4.74 Å². The van der Waals surface area contributed by atoms with Crippen molar-refractivity contribution in [2.24, 2.45) is 0 Å². The summed E-state index contributed by atoms with van der Waals surface area (Å²) >= 11 is 1.72. The molecule has 1 fully saturated rings. The predicted octanol–water partition coefficient (Wildman–Crippen LogP) is 3.30. The summed E-state index contributed by atoms with van der Waals surface area (Å²) < 4.78 is 8.22. The van der Waals surface area contributed by atoms with Crippen molar-refractivity contribution in [3.8, 4) is 0 Å². The average Bonchev–Trinajstić information content (AvgIpc) is 3.56. The van der Waals surface area contributed by atoms with Gasteiger partial charge in [-0.05, 0) is 59.5 Å². The van der Waals surface area contributed by atoms with Crippen molar-refractivity contribution >= 4 is 37.6 Å². The van der Waals surface area contributed by atoms with E-state index in [9.17, 15) is 4.79 Å². The molecule has 1 saturated heterocycles. The molecule has 2 aromatic carbocycles. The Balaban J connectivity index is 1.37. The number of thiazole rings is 1. The molecule has 4 heterocycles. The molecule has 1 aliphatic heterocycles. The van der Waals surface area contributed by atoms with Crippen molar-refractivity contribution in [2.45, 2.75) is 26.4 Å². The number of piperazine rings is 1. The number of H-pyrrole nitrogens is 1. The Hall–Kier alpha value is -3.67. The third-order valence-corrected chi connectivity index (χ3v) is 8.26. The number of methoxy groups -OCH3 is 1. The number of para-hydroxylation sites is 1. The maximum atomic E-state index is 13.6. The first-order chi connectivity index (χ1) is 18.5. The van der Waals surface area contributed by atoms with Gasteiger partial charge in [-0.15, -0.1) is 5.10 Å². The second-order valence-corrected chi connectivity index (χ2v) is 10.8. The molecule has 3 aromatic heterocycles. The van der Waals surface area contributed by atoms with Crippen molar-refractivity contribution in [3.05, 3.63) is 75.3 Å². The molecule has 6 rings (SSSR count). The lowest BCUT2D eigenvalue weighted by Gasteiger charge is -2.38. The summed E-state index contributed by atoms with van der Waals surface area (Å²) in [6, 6.07) is 14.0. The fraction of sp³-hybridized carbons (Fsp3) is 0.370. The summed E-state index contributed by atoms with van der Waals surface area (Å²) in [7, 11) is 1.65. The predicted molar refractivity (Wildman–Crippen MR) is 149 cm³/mol. The lowest BCUT2D eigenvalue weighted by molar-refractivity contribution is 0.171. The van der Waals surface area contributed by atoms with Gasteiger partial charge >= 0.3 is 0 Å². The molecule has 196 valence electrons. The highest BCUT2D eigenvalue weighted by molar-refractivity contribution is 7.22. The van der Waals surface area contributed by atoms with E-state index in [2.05, 4.69) is 61.5 Å². The molecule has 0 saturated carbocycles. The van der Waals surface area contributed by atoms with Crippen LogP contribution in [0.2, 0.25) is 0 Å². The van der Waals surface area contributed by atoms with Gasteiger partial charge in [0.25, 0.3) is 5.56 Å². The minimum Gasteiger partial charge on any atom is -0.383 e. The molecule has 0 radical (unpaired) electrons. The number of hydrogen-bond acceptors (Lipinski definition) is 9. The third kappa shape index (κ3) is 4.57. The van der Waals surface area contributed by atoms with Gasteiger partial charge in [-0.3, -0.25) is 9.69 Å². The number of tetrazole rings is 1. The van der Waals surface area contributed by atoms with Crippen LogP contribution in [0.15, 0.2) is 47.3 Å². The number of aromatic nitrogens is 6. The molecule has 0 bridgehead atoms. The number of rotatable bonds is 7. The minimum atomic E-state index is -0.395. The van der Waals surface area contributed by atoms with Gasteiger partial charge in [0, 0.05) is 38.9 Å². The SMILES string of the molecule is COCCn1nnnc1C(c1cc2cc(C)cc(C)c2[nH]c1=O)N1CCN(c2nc3ccccc3s2)CC1. The smallest absolute Gasteiger partial charge is 0.253 e. The summed E-state index contributed by atoms with van der Waals surface area (Å²) in [5.41, 5.74) is 4.61. The normalized spacial score (nSPS) is 15.5. The van der Waals surface area contributed by atoms with E-state index in [4.69, 9.17) is 9.72 Å². The third-order valence-electron chi connectivity index (χ3n) is 7.16. The maximum Gasteiger partial charge on any atom is 0.253 e. The van der Waals surface area contributed by atoms with Crippen molar-refractivity contribution in [3.63, 3.8) is 0 Å². The van der Waals surface area contributed by atoms with E-state index >= 15 is 0 Å².